The molecule has 1 amide bonds. The number of hydrogen-bond acceptors (Lipinski definition) is 3. The molecule has 1 heterocycles. The molecule has 1 aliphatic heterocycles. The SMILES string of the molecule is CCC1CCN(CC(=O)Nc2c(N)cc(Cl)cc2Cl)C1. The summed E-state index contributed by atoms with van der Waals surface area (Å²) < 4.78 is 0. The van der Waals surface area contributed by atoms with Gasteiger partial charge in [-0.25, -0.2) is 0 Å². The van der Waals surface area contributed by atoms with Gasteiger partial charge in [0.15, 0.2) is 0 Å². The molecule has 1 fully saturated rings. The van der Waals surface area contributed by atoms with Gasteiger partial charge in [0, 0.05) is 11.6 Å². The van der Waals surface area contributed by atoms with Gasteiger partial charge in [-0.3, -0.25) is 9.69 Å². The van der Waals surface area contributed by atoms with Crippen molar-refractivity contribution in [1.29, 1.82) is 0 Å². The first-order chi connectivity index (χ1) is 9.49. The molecule has 1 atom stereocenters. The van der Waals surface area contributed by atoms with Crippen LogP contribution in [0.15, 0.2) is 12.1 Å². The Balaban J connectivity index is 1.95. The van der Waals surface area contributed by atoms with E-state index in [1.54, 1.807) is 12.1 Å². The normalized spacial score (nSPS) is 19.2. The number of benzene rings is 1. The first-order valence-electron chi connectivity index (χ1n) is 6.76. The third kappa shape index (κ3) is 3.78. The topological polar surface area (TPSA) is 58.4 Å². The van der Waals surface area contributed by atoms with E-state index >= 15 is 0 Å². The second-order valence-electron chi connectivity index (χ2n) is 5.20. The van der Waals surface area contributed by atoms with Crippen LogP contribution in [-0.2, 0) is 4.79 Å². The maximum absolute atomic E-state index is 12.1. The van der Waals surface area contributed by atoms with Crippen LogP contribution in [0.1, 0.15) is 19.8 Å². The first kappa shape index (κ1) is 15.4. The van der Waals surface area contributed by atoms with Crippen molar-refractivity contribution in [2.24, 2.45) is 5.92 Å². The minimum absolute atomic E-state index is 0.0994. The molecule has 1 aromatic rings. The quantitative estimate of drug-likeness (QED) is 0.838. The maximum atomic E-state index is 12.1. The van der Waals surface area contributed by atoms with E-state index in [1.165, 1.54) is 0 Å². The molecule has 1 aromatic carbocycles. The lowest BCUT2D eigenvalue weighted by atomic mass is 10.1. The number of nitrogens with one attached hydrogen (secondary N) is 1. The third-order valence-electron chi connectivity index (χ3n) is 3.66. The van der Waals surface area contributed by atoms with Gasteiger partial charge in [0.2, 0.25) is 5.91 Å². The van der Waals surface area contributed by atoms with E-state index in [9.17, 15) is 4.79 Å². The van der Waals surface area contributed by atoms with Crippen molar-refractivity contribution in [3.63, 3.8) is 0 Å². The molecular formula is C14H19Cl2N3O. The molecule has 1 saturated heterocycles. The monoisotopic (exact) mass is 315 g/mol. The van der Waals surface area contributed by atoms with E-state index in [4.69, 9.17) is 28.9 Å². The number of nitrogen functional groups attached to an aromatic ring is 1. The van der Waals surface area contributed by atoms with Crippen molar-refractivity contribution < 1.29 is 4.79 Å². The summed E-state index contributed by atoms with van der Waals surface area (Å²) in [6.07, 6.45) is 2.32. The van der Waals surface area contributed by atoms with Crippen LogP contribution < -0.4 is 11.1 Å². The van der Waals surface area contributed by atoms with E-state index in [-0.39, 0.29) is 5.91 Å². The van der Waals surface area contributed by atoms with Crippen LogP contribution in [0, 0.1) is 5.92 Å². The molecule has 110 valence electrons. The number of nitrogens with zero attached hydrogens (tertiary/aromatic N) is 1. The Morgan fingerprint density at radius 3 is 2.85 bits per heavy atom. The van der Waals surface area contributed by atoms with Gasteiger partial charge < -0.3 is 11.1 Å². The van der Waals surface area contributed by atoms with Gasteiger partial charge in [0.05, 0.1) is 22.9 Å². The molecule has 0 radical (unpaired) electrons. The Morgan fingerprint density at radius 2 is 2.25 bits per heavy atom. The highest BCUT2D eigenvalue weighted by atomic mass is 35.5. The van der Waals surface area contributed by atoms with Gasteiger partial charge in [-0.2, -0.15) is 0 Å². The number of anilines is 2. The van der Waals surface area contributed by atoms with Crippen molar-refractivity contribution in [2.45, 2.75) is 19.8 Å². The average molecular weight is 316 g/mol. The number of rotatable bonds is 4. The Hall–Kier alpha value is -0.970. The minimum atomic E-state index is -0.0994. The van der Waals surface area contributed by atoms with Crippen LogP contribution in [-0.4, -0.2) is 30.4 Å². The summed E-state index contributed by atoms with van der Waals surface area (Å²) in [6, 6.07) is 3.14. The molecule has 6 heteroatoms. The number of nitrogens with two attached hydrogens (primary N) is 1. The Kier molecular flexibility index (Phi) is 5.13. The van der Waals surface area contributed by atoms with Gasteiger partial charge >= 0.3 is 0 Å². The molecule has 1 unspecified atom stereocenters. The van der Waals surface area contributed by atoms with Gasteiger partial charge in [0.25, 0.3) is 0 Å². The van der Waals surface area contributed by atoms with E-state index in [1.807, 2.05) is 0 Å². The van der Waals surface area contributed by atoms with Crippen molar-refractivity contribution in [1.82, 2.24) is 4.90 Å². The van der Waals surface area contributed by atoms with E-state index in [0.29, 0.717) is 33.9 Å². The molecular weight excluding hydrogens is 297 g/mol. The van der Waals surface area contributed by atoms with E-state index in [0.717, 1.165) is 25.9 Å². The van der Waals surface area contributed by atoms with Crippen LogP contribution >= 0.6 is 23.2 Å². The van der Waals surface area contributed by atoms with Crippen molar-refractivity contribution >= 4 is 40.5 Å². The minimum Gasteiger partial charge on any atom is -0.397 e. The van der Waals surface area contributed by atoms with Crippen molar-refractivity contribution in [3.8, 4) is 0 Å². The average Bonchev–Trinajstić information content (AvgIpc) is 2.81. The second-order valence-corrected chi connectivity index (χ2v) is 6.04. The fourth-order valence-electron chi connectivity index (χ4n) is 2.50. The summed E-state index contributed by atoms with van der Waals surface area (Å²) in [7, 11) is 0. The van der Waals surface area contributed by atoms with Gasteiger partial charge in [-0.1, -0.05) is 36.5 Å². The molecule has 0 bridgehead atoms. The molecule has 0 saturated carbocycles. The fourth-order valence-corrected chi connectivity index (χ4v) is 3.05. The van der Waals surface area contributed by atoms with Gasteiger partial charge in [0.1, 0.15) is 0 Å². The lowest BCUT2D eigenvalue weighted by Gasteiger charge is -2.16. The number of amides is 1. The molecule has 1 aliphatic rings. The van der Waals surface area contributed by atoms with E-state index in [2.05, 4.69) is 17.1 Å². The summed E-state index contributed by atoms with van der Waals surface area (Å²) >= 11 is 11.9. The molecule has 20 heavy (non-hydrogen) atoms. The van der Waals surface area contributed by atoms with Gasteiger partial charge in [-0.05, 0) is 31.0 Å². The summed E-state index contributed by atoms with van der Waals surface area (Å²) in [5.41, 5.74) is 6.64. The predicted octanol–water partition coefficient (Wildman–Crippen LogP) is 3.25. The predicted molar refractivity (Wildman–Crippen MR) is 84.3 cm³/mol. The highest BCUT2D eigenvalue weighted by molar-refractivity contribution is 6.37. The third-order valence-corrected chi connectivity index (χ3v) is 4.18. The summed E-state index contributed by atoms with van der Waals surface area (Å²) in [4.78, 5) is 14.2. The van der Waals surface area contributed by atoms with Crippen molar-refractivity contribution in [3.05, 3.63) is 22.2 Å². The first-order valence-corrected chi connectivity index (χ1v) is 7.52. The number of carbonyl (C=O) groups is 1. The van der Waals surface area contributed by atoms with Crippen LogP contribution in [0.2, 0.25) is 10.0 Å². The molecule has 0 aromatic heterocycles. The Labute approximate surface area is 129 Å². The zero-order valence-corrected chi connectivity index (χ0v) is 13.0. The van der Waals surface area contributed by atoms with Crippen LogP contribution in [0.3, 0.4) is 0 Å². The number of hydrogen-bond donors (Lipinski definition) is 2. The fraction of sp³-hybridized carbons (Fsp3) is 0.500. The zero-order chi connectivity index (χ0) is 14.7. The Bertz CT molecular complexity index is 484. The number of halogens is 2. The lowest BCUT2D eigenvalue weighted by Crippen LogP contribution is -2.31. The molecule has 3 N–H and O–H groups in total. The number of likely N-dealkylation sites (tertiary alicyclic amines) is 1. The van der Waals surface area contributed by atoms with Crippen LogP contribution in [0.25, 0.3) is 0 Å². The van der Waals surface area contributed by atoms with Crippen LogP contribution in [0.4, 0.5) is 11.4 Å². The summed E-state index contributed by atoms with van der Waals surface area (Å²) in [6.45, 7) is 4.50. The molecule has 2 rings (SSSR count). The smallest absolute Gasteiger partial charge is 0.238 e. The molecule has 0 aliphatic carbocycles. The van der Waals surface area contributed by atoms with E-state index < -0.39 is 0 Å². The molecule has 0 spiro atoms. The molecule has 4 nitrogen and oxygen atoms in total. The summed E-state index contributed by atoms with van der Waals surface area (Å²) in [5.74, 6) is 0.602. The summed E-state index contributed by atoms with van der Waals surface area (Å²) in [5, 5.41) is 3.58. The zero-order valence-electron chi connectivity index (χ0n) is 11.5. The van der Waals surface area contributed by atoms with Gasteiger partial charge in [-0.15, -0.1) is 0 Å². The largest absolute Gasteiger partial charge is 0.397 e. The van der Waals surface area contributed by atoms with Crippen molar-refractivity contribution in [2.75, 3.05) is 30.7 Å². The lowest BCUT2D eigenvalue weighted by molar-refractivity contribution is -0.117. The van der Waals surface area contributed by atoms with Crippen LogP contribution in [0.5, 0.6) is 0 Å². The highest BCUT2D eigenvalue weighted by Crippen LogP contribution is 2.32. The standard InChI is InChI=1S/C14H19Cl2N3O/c1-2-9-3-4-19(7-9)8-13(20)18-14-11(16)5-10(15)6-12(14)17/h5-6,9H,2-4,7-8,17H2,1H3,(H,18,20). The highest BCUT2D eigenvalue weighted by Gasteiger charge is 2.23. The second kappa shape index (κ2) is 6.66. The Morgan fingerprint density at radius 1 is 1.50 bits per heavy atom. The maximum Gasteiger partial charge on any atom is 0.238 e. The number of carbonyl (C=O) groups excluding carboxylic acids is 1.